The normalized spacial score (nSPS) is 11.1. The second kappa shape index (κ2) is 4.36. The van der Waals surface area contributed by atoms with Crippen molar-refractivity contribution in [1.29, 1.82) is 0 Å². The maximum atomic E-state index is 4.93. The summed E-state index contributed by atoms with van der Waals surface area (Å²) in [5, 5.41) is 0. The molecule has 10 heavy (non-hydrogen) atoms. The van der Waals surface area contributed by atoms with E-state index in [9.17, 15) is 0 Å². The van der Waals surface area contributed by atoms with Crippen LogP contribution in [-0.4, -0.2) is 26.1 Å². The van der Waals surface area contributed by atoms with Crippen molar-refractivity contribution in [3.63, 3.8) is 0 Å². The van der Waals surface area contributed by atoms with Gasteiger partial charge in [0, 0.05) is 14.2 Å². The fourth-order valence-corrected chi connectivity index (χ4v) is 1.68. The van der Waals surface area contributed by atoms with Gasteiger partial charge in [0.15, 0.2) is 0 Å². The molecule has 0 saturated heterocycles. The van der Waals surface area contributed by atoms with E-state index in [0.717, 1.165) is 0 Å². The first kappa shape index (κ1) is 10.5. The van der Waals surface area contributed by atoms with Gasteiger partial charge in [-0.25, -0.2) is 0 Å². The molecule has 0 unspecified atom stereocenters. The van der Waals surface area contributed by atoms with Gasteiger partial charge in [-0.05, 0) is 24.0 Å². The molecular formula is C4H9O3PS2. The van der Waals surface area contributed by atoms with Crippen LogP contribution in [-0.2, 0) is 25.6 Å². The fraction of sp³-hybridized carbons (Fsp3) is 0.750. The van der Waals surface area contributed by atoms with Crippen LogP contribution in [0.15, 0.2) is 0 Å². The average Bonchev–Trinajstić information content (AvgIpc) is 2.01. The number of ether oxygens (including phenoxy) is 1. The summed E-state index contributed by atoms with van der Waals surface area (Å²) in [7, 11) is 4.35. The van der Waals surface area contributed by atoms with Gasteiger partial charge in [0.2, 0.25) is 4.79 Å². The van der Waals surface area contributed by atoms with Gasteiger partial charge < -0.3 is 13.8 Å². The van der Waals surface area contributed by atoms with Crippen molar-refractivity contribution < 1.29 is 13.8 Å². The number of rotatable bonds is 3. The predicted molar refractivity (Wildman–Crippen MR) is 47.9 cm³/mol. The lowest BCUT2D eigenvalue weighted by Gasteiger charge is -2.16. The summed E-state index contributed by atoms with van der Waals surface area (Å²) in [5.41, 5.74) is 0. The molecule has 6 heteroatoms. The van der Waals surface area contributed by atoms with Crippen molar-refractivity contribution in [1.82, 2.24) is 0 Å². The van der Waals surface area contributed by atoms with Crippen molar-refractivity contribution in [3.05, 3.63) is 0 Å². The minimum Gasteiger partial charge on any atom is -0.483 e. The fourth-order valence-electron chi connectivity index (χ4n) is 0.335. The van der Waals surface area contributed by atoms with Crippen molar-refractivity contribution in [2.75, 3.05) is 21.3 Å². The van der Waals surface area contributed by atoms with Crippen molar-refractivity contribution in [2.24, 2.45) is 0 Å². The number of methoxy groups -OCH3 is 1. The third-order valence-corrected chi connectivity index (χ3v) is 5.10. The smallest absolute Gasteiger partial charge is 0.265 e. The molecule has 0 aliphatic heterocycles. The van der Waals surface area contributed by atoms with E-state index < -0.39 is 6.49 Å². The highest BCUT2D eigenvalue weighted by Gasteiger charge is 2.22. The minimum atomic E-state index is -2.43. The van der Waals surface area contributed by atoms with Crippen LogP contribution in [0.1, 0.15) is 0 Å². The molecule has 0 amide bonds. The maximum Gasteiger partial charge on any atom is 0.265 e. The van der Waals surface area contributed by atoms with Gasteiger partial charge in [0.25, 0.3) is 6.49 Å². The van der Waals surface area contributed by atoms with E-state index in [-0.39, 0.29) is 4.79 Å². The van der Waals surface area contributed by atoms with Gasteiger partial charge in [-0.3, -0.25) is 0 Å². The Morgan fingerprint density at radius 3 is 1.70 bits per heavy atom. The van der Waals surface area contributed by atoms with Crippen LogP contribution in [0.2, 0.25) is 0 Å². The molecule has 0 fully saturated rings. The first-order valence-electron chi connectivity index (χ1n) is 2.40. The largest absolute Gasteiger partial charge is 0.483 e. The van der Waals surface area contributed by atoms with Gasteiger partial charge in [-0.1, -0.05) is 0 Å². The Labute approximate surface area is 70.8 Å². The second-order valence-corrected chi connectivity index (χ2v) is 5.58. The van der Waals surface area contributed by atoms with Crippen LogP contribution in [0.3, 0.4) is 0 Å². The molecule has 0 N–H and O–H groups in total. The standard InChI is InChI=1S/C4H9O3PS2/c1-5-4(9)8(10,6-2)7-3/h1-3H3. The Morgan fingerprint density at radius 1 is 1.20 bits per heavy atom. The summed E-state index contributed by atoms with van der Waals surface area (Å²) >= 11 is 9.69. The molecular weight excluding hydrogens is 191 g/mol. The van der Waals surface area contributed by atoms with Gasteiger partial charge in [0.1, 0.15) is 0 Å². The highest BCUT2D eigenvalue weighted by atomic mass is 32.5. The van der Waals surface area contributed by atoms with E-state index in [1.165, 1.54) is 21.3 Å². The summed E-state index contributed by atoms with van der Waals surface area (Å²) in [5.74, 6) is 0. The molecule has 0 aliphatic carbocycles. The number of hydrogen-bond donors (Lipinski definition) is 0. The monoisotopic (exact) mass is 200 g/mol. The van der Waals surface area contributed by atoms with Crippen LogP contribution in [0, 0.1) is 0 Å². The maximum absolute atomic E-state index is 4.93. The summed E-state index contributed by atoms with van der Waals surface area (Å²) in [6, 6.07) is 0. The summed E-state index contributed by atoms with van der Waals surface area (Å²) < 4.78 is 14.5. The molecule has 0 bridgehead atoms. The van der Waals surface area contributed by atoms with Crippen molar-refractivity contribution in [3.8, 4) is 0 Å². The van der Waals surface area contributed by atoms with E-state index in [1.54, 1.807) is 0 Å². The zero-order valence-corrected chi connectivity index (χ0v) is 8.52. The highest BCUT2D eigenvalue weighted by molar-refractivity contribution is 8.23. The molecule has 0 aromatic heterocycles. The highest BCUT2D eigenvalue weighted by Crippen LogP contribution is 2.48. The quantitative estimate of drug-likeness (QED) is 0.508. The lowest BCUT2D eigenvalue weighted by Crippen LogP contribution is -2.02. The Kier molecular flexibility index (Phi) is 4.56. The number of thiocarbonyl (C=S) groups is 1. The minimum absolute atomic E-state index is 0.215. The molecule has 0 aromatic carbocycles. The summed E-state index contributed by atoms with van der Waals surface area (Å²) in [4.78, 5) is 0.215. The molecule has 0 spiro atoms. The second-order valence-electron chi connectivity index (χ2n) is 1.33. The first-order valence-corrected chi connectivity index (χ1v) is 5.45. The molecule has 0 heterocycles. The molecule has 0 aliphatic rings. The van der Waals surface area contributed by atoms with Gasteiger partial charge in [-0.2, -0.15) is 0 Å². The SMILES string of the molecule is COC(=S)P(=S)(OC)OC. The van der Waals surface area contributed by atoms with Crippen LogP contribution in [0.4, 0.5) is 0 Å². The summed E-state index contributed by atoms with van der Waals surface area (Å²) in [6.07, 6.45) is 0. The van der Waals surface area contributed by atoms with Crippen molar-refractivity contribution in [2.45, 2.75) is 0 Å². The molecule has 0 aromatic rings. The third-order valence-electron chi connectivity index (χ3n) is 0.879. The van der Waals surface area contributed by atoms with E-state index in [4.69, 9.17) is 37.8 Å². The molecule has 0 rings (SSSR count). The van der Waals surface area contributed by atoms with Gasteiger partial charge >= 0.3 is 0 Å². The molecule has 0 atom stereocenters. The Morgan fingerprint density at radius 2 is 1.60 bits per heavy atom. The van der Waals surface area contributed by atoms with E-state index in [0.29, 0.717) is 0 Å². The molecule has 60 valence electrons. The van der Waals surface area contributed by atoms with Crippen LogP contribution in [0.25, 0.3) is 0 Å². The third kappa shape index (κ3) is 2.25. The van der Waals surface area contributed by atoms with E-state index >= 15 is 0 Å². The van der Waals surface area contributed by atoms with Crippen molar-refractivity contribution >= 4 is 35.3 Å². The van der Waals surface area contributed by atoms with Crippen LogP contribution < -0.4 is 0 Å². The first-order chi connectivity index (χ1) is 4.60. The Hall–Kier alpha value is 0.460. The molecule has 3 nitrogen and oxygen atoms in total. The lowest BCUT2D eigenvalue weighted by atomic mass is 11.5. The zero-order chi connectivity index (χ0) is 8.20. The van der Waals surface area contributed by atoms with E-state index in [1.807, 2.05) is 0 Å². The Bertz CT molecular complexity index is 162. The molecule has 0 radical (unpaired) electrons. The zero-order valence-electron chi connectivity index (χ0n) is 5.99. The molecule has 0 saturated carbocycles. The lowest BCUT2D eigenvalue weighted by molar-refractivity contribution is 0.334. The van der Waals surface area contributed by atoms with Gasteiger partial charge in [0.05, 0.1) is 7.11 Å². The predicted octanol–water partition coefficient (Wildman–Crippen LogP) is 1.52. The Balaban J connectivity index is 4.34. The topological polar surface area (TPSA) is 27.7 Å². The van der Waals surface area contributed by atoms with Gasteiger partial charge in [-0.15, -0.1) is 0 Å². The van der Waals surface area contributed by atoms with Crippen LogP contribution in [0.5, 0.6) is 0 Å². The van der Waals surface area contributed by atoms with E-state index in [2.05, 4.69) is 0 Å². The summed E-state index contributed by atoms with van der Waals surface area (Å²) in [6.45, 7) is -2.43. The average molecular weight is 200 g/mol. The number of hydrogen-bond acceptors (Lipinski definition) is 5. The van der Waals surface area contributed by atoms with Crippen LogP contribution >= 0.6 is 18.7 Å².